The van der Waals surface area contributed by atoms with Crippen molar-refractivity contribution >= 4 is 12.1 Å². The maximum Gasteiger partial charge on any atom is 0.410 e. The largest absolute Gasteiger partial charge is 0.469 e. The van der Waals surface area contributed by atoms with Crippen LogP contribution in [0.3, 0.4) is 0 Å². The van der Waals surface area contributed by atoms with Crippen LogP contribution in [0.5, 0.6) is 0 Å². The summed E-state index contributed by atoms with van der Waals surface area (Å²) in [6, 6.07) is 0. The fraction of sp³-hybridized carbons (Fsp3) is 0.714. The second kappa shape index (κ2) is 10.4. The number of carbonyl (C=O) groups is 2. The molecule has 0 aliphatic heterocycles. The van der Waals surface area contributed by atoms with Gasteiger partial charge in [0, 0.05) is 13.1 Å². The molecule has 148 valence electrons. The highest BCUT2D eigenvalue weighted by atomic mass is 16.6. The fourth-order valence-electron chi connectivity index (χ4n) is 2.74. The number of amides is 1. The molecule has 0 spiro atoms. The third-order valence-corrected chi connectivity index (χ3v) is 4.33. The van der Waals surface area contributed by atoms with Gasteiger partial charge in [-0.3, -0.25) is 4.79 Å². The Balaban J connectivity index is 2.59. The lowest BCUT2D eigenvalue weighted by Gasteiger charge is -2.28. The first-order valence-corrected chi connectivity index (χ1v) is 9.55. The SMILES string of the molecule is COC(=O)C(C)CCCCN(CC1=CCC(C)C=C1)C(=O)OC(C)(C)C. The van der Waals surface area contributed by atoms with Gasteiger partial charge in [-0.15, -0.1) is 0 Å². The van der Waals surface area contributed by atoms with Crippen LogP contribution in [0.1, 0.15) is 60.3 Å². The molecule has 0 heterocycles. The molecule has 1 rings (SSSR count). The van der Waals surface area contributed by atoms with Crippen LogP contribution in [0.25, 0.3) is 0 Å². The van der Waals surface area contributed by atoms with Crippen LogP contribution in [-0.2, 0) is 14.3 Å². The molecule has 1 aliphatic carbocycles. The summed E-state index contributed by atoms with van der Waals surface area (Å²) >= 11 is 0. The molecule has 0 aromatic rings. The van der Waals surface area contributed by atoms with Gasteiger partial charge in [-0.05, 0) is 51.5 Å². The standard InChI is InChI=1S/C21H35NO4/c1-16-10-12-18(13-11-16)15-22(20(24)26-21(3,4)5)14-8-7-9-17(2)19(23)25-6/h10,12-13,16-17H,7-9,11,14-15H2,1-6H3. The molecule has 2 atom stereocenters. The second-order valence-corrected chi connectivity index (χ2v) is 8.17. The van der Waals surface area contributed by atoms with E-state index in [4.69, 9.17) is 9.47 Å². The van der Waals surface area contributed by atoms with Crippen molar-refractivity contribution in [2.75, 3.05) is 20.2 Å². The van der Waals surface area contributed by atoms with Crippen LogP contribution in [-0.4, -0.2) is 42.8 Å². The average Bonchev–Trinajstić information content (AvgIpc) is 2.56. The van der Waals surface area contributed by atoms with Gasteiger partial charge in [0.2, 0.25) is 0 Å². The minimum Gasteiger partial charge on any atom is -0.469 e. The zero-order chi connectivity index (χ0) is 19.7. The summed E-state index contributed by atoms with van der Waals surface area (Å²) in [5.74, 6) is 0.259. The molecule has 1 amide bonds. The van der Waals surface area contributed by atoms with Crippen molar-refractivity contribution in [2.45, 2.75) is 65.9 Å². The van der Waals surface area contributed by atoms with Crippen LogP contribution in [0, 0.1) is 11.8 Å². The molecular formula is C21H35NO4. The summed E-state index contributed by atoms with van der Waals surface area (Å²) in [4.78, 5) is 25.8. The van der Waals surface area contributed by atoms with Gasteiger partial charge >= 0.3 is 12.1 Å². The Morgan fingerprint density at radius 3 is 2.54 bits per heavy atom. The number of carbonyl (C=O) groups excluding carboxylic acids is 2. The summed E-state index contributed by atoms with van der Waals surface area (Å²) in [6.45, 7) is 10.9. The van der Waals surface area contributed by atoms with Crippen LogP contribution in [0.2, 0.25) is 0 Å². The Morgan fingerprint density at radius 1 is 1.31 bits per heavy atom. The molecule has 2 unspecified atom stereocenters. The highest BCUT2D eigenvalue weighted by Gasteiger charge is 2.23. The van der Waals surface area contributed by atoms with Crippen LogP contribution >= 0.6 is 0 Å². The Bertz CT molecular complexity index is 531. The number of esters is 1. The number of nitrogens with zero attached hydrogens (tertiary/aromatic N) is 1. The topological polar surface area (TPSA) is 55.8 Å². The van der Waals surface area contributed by atoms with Crippen LogP contribution in [0.4, 0.5) is 4.79 Å². The molecule has 0 saturated heterocycles. The lowest BCUT2D eigenvalue weighted by atomic mass is 9.98. The average molecular weight is 366 g/mol. The van der Waals surface area contributed by atoms with Crippen LogP contribution in [0.15, 0.2) is 23.8 Å². The molecule has 26 heavy (non-hydrogen) atoms. The molecular weight excluding hydrogens is 330 g/mol. The molecule has 0 saturated carbocycles. The van der Waals surface area contributed by atoms with E-state index in [9.17, 15) is 9.59 Å². The van der Waals surface area contributed by atoms with E-state index in [0.29, 0.717) is 19.0 Å². The van der Waals surface area contributed by atoms with Gasteiger partial charge in [0.15, 0.2) is 0 Å². The van der Waals surface area contributed by atoms with Gasteiger partial charge in [0.25, 0.3) is 0 Å². The first-order valence-electron chi connectivity index (χ1n) is 9.55. The number of rotatable bonds is 8. The van der Waals surface area contributed by atoms with E-state index in [-0.39, 0.29) is 18.0 Å². The quantitative estimate of drug-likeness (QED) is 0.461. The van der Waals surface area contributed by atoms with E-state index >= 15 is 0 Å². The smallest absolute Gasteiger partial charge is 0.410 e. The predicted octanol–water partition coefficient (Wildman–Crippen LogP) is 4.73. The summed E-state index contributed by atoms with van der Waals surface area (Å²) in [5, 5.41) is 0. The molecule has 0 fully saturated rings. The van der Waals surface area contributed by atoms with Crippen molar-refractivity contribution in [2.24, 2.45) is 11.8 Å². The van der Waals surface area contributed by atoms with E-state index in [1.165, 1.54) is 7.11 Å². The second-order valence-electron chi connectivity index (χ2n) is 8.17. The normalized spacial score (nSPS) is 18.1. The zero-order valence-corrected chi connectivity index (χ0v) is 17.2. The van der Waals surface area contributed by atoms with Gasteiger partial charge in [-0.1, -0.05) is 38.5 Å². The minimum atomic E-state index is -0.514. The van der Waals surface area contributed by atoms with Gasteiger partial charge in [-0.25, -0.2) is 4.79 Å². The van der Waals surface area contributed by atoms with Crippen molar-refractivity contribution < 1.29 is 19.1 Å². The molecule has 1 aliphatic rings. The van der Waals surface area contributed by atoms with Gasteiger partial charge < -0.3 is 14.4 Å². The number of hydrogen-bond donors (Lipinski definition) is 0. The molecule has 0 N–H and O–H groups in total. The predicted molar refractivity (Wildman–Crippen MR) is 104 cm³/mol. The Hall–Kier alpha value is -1.78. The zero-order valence-electron chi connectivity index (χ0n) is 17.2. The minimum absolute atomic E-state index is 0.111. The summed E-state index contributed by atoms with van der Waals surface area (Å²) in [5.41, 5.74) is 0.636. The lowest BCUT2D eigenvalue weighted by molar-refractivity contribution is -0.145. The van der Waals surface area contributed by atoms with E-state index in [2.05, 4.69) is 25.2 Å². The van der Waals surface area contributed by atoms with Crippen molar-refractivity contribution in [1.82, 2.24) is 4.90 Å². The van der Waals surface area contributed by atoms with Crippen molar-refractivity contribution in [1.29, 1.82) is 0 Å². The maximum atomic E-state index is 12.6. The van der Waals surface area contributed by atoms with E-state index < -0.39 is 5.60 Å². The third-order valence-electron chi connectivity index (χ3n) is 4.33. The summed E-state index contributed by atoms with van der Waals surface area (Å²) in [6.07, 6.45) is 9.65. The molecule has 5 nitrogen and oxygen atoms in total. The maximum absolute atomic E-state index is 12.6. The van der Waals surface area contributed by atoms with Gasteiger partial charge in [-0.2, -0.15) is 0 Å². The molecule has 0 radical (unpaired) electrons. The molecule has 5 heteroatoms. The van der Waals surface area contributed by atoms with Crippen molar-refractivity contribution in [3.63, 3.8) is 0 Å². The summed E-state index contributed by atoms with van der Waals surface area (Å²) < 4.78 is 10.3. The van der Waals surface area contributed by atoms with Gasteiger partial charge in [0.05, 0.1) is 13.0 Å². The number of unbranched alkanes of at least 4 members (excludes halogenated alkanes) is 1. The van der Waals surface area contributed by atoms with Gasteiger partial charge in [0.1, 0.15) is 5.60 Å². The number of allylic oxidation sites excluding steroid dienone is 2. The number of hydrogen-bond acceptors (Lipinski definition) is 4. The molecule has 0 bridgehead atoms. The molecule has 0 aromatic heterocycles. The van der Waals surface area contributed by atoms with E-state index in [0.717, 1.165) is 31.3 Å². The first kappa shape index (κ1) is 22.3. The molecule has 0 aromatic carbocycles. The Labute approximate surface area is 158 Å². The van der Waals surface area contributed by atoms with Crippen molar-refractivity contribution in [3.05, 3.63) is 23.8 Å². The number of methoxy groups -OCH3 is 1. The first-order chi connectivity index (χ1) is 12.1. The third kappa shape index (κ3) is 8.54. The lowest BCUT2D eigenvalue weighted by Crippen LogP contribution is -2.38. The van der Waals surface area contributed by atoms with E-state index in [1.54, 1.807) is 4.90 Å². The summed E-state index contributed by atoms with van der Waals surface area (Å²) in [7, 11) is 1.41. The number of ether oxygens (including phenoxy) is 2. The highest BCUT2D eigenvalue weighted by Crippen LogP contribution is 2.19. The van der Waals surface area contributed by atoms with Crippen LogP contribution < -0.4 is 0 Å². The monoisotopic (exact) mass is 365 g/mol. The fourth-order valence-corrected chi connectivity index (χ4v) is 2.74. The highest BCUT2D eigenvalue weighted by molar-refractivity contribution is 5.71. The van der Waals surface area contributed by atoms with Crippen molar-refractivity contribution in [3.8, 4) is 0 Å². The Kier molecular flexibility index (Phi) is 8.89. The Morgan fingerprint density at radius 2 is 2.00 bits per heavy atom. The van der Waals surface area contributed by atoms with E-state index in [1.807, 2.05) is 27.7 Å².